The van der Waals surface area contributed by atoms with Gasteiger partial charge in [-0.25, -0.2) is 0 Å². The number of benzene rings is 1. The molecule has 0 N–H and O–H groups in total. The van der Waals surface area contributed by atoms with E-state index in [1.54, 1.807) is 7.11 Å². The molecule has 0 atom stereocenters. The van der Waals surface area contributed by atoms with E-state index in [1.807, 2.05) is 24.4 Å². The third-order valence-electron chi connectivity index (χ3n) is 3.14. The second kappa shape index (κ2) is 7.41. The Morgan fingerprint density at radius 3 is 2.75 bits per heavy atom. The fourth-order valence-electron chi connectivity index (χ4n) is 2.05. The maximum atomic E-state index is 5.24. The van der Waals surface area contributed by atoms with E-state index in [0.717, 1.165) is 35.4 Å². The molecule has 2 aromatic rings. The fraction of sp³-hybridized carbons (Fsp3) is 0.312. The van der Waals surface area contributed by atoms with E-state index in [4.69, 9.17) is 4.74 Å². The largest absolute Gasteiger partial charge is 0.496 e. The van der Waals surface area contributed by atoms with E-state index in [-0.39, 0.29) is 0 Å². The first-order valence-electron chi connectivity index (χ1n) is 6.60. The molecule has 2 rings (SSSR count). The van der Waals surface area contributed by atoms with Gasteiger partial charge in [0.1, 0.15) is 5.75 Å². The molecule has 0 aliphatic carbocycles. The number of hydrogen-bond donors (Lipinski definition) is 0. The molecule has 0 aliphatic heterocycles. The first-order valence-corrected chi connectivity index (χ1v) is 7.39. The van der Waals surface area contributed by atoms with E-state index >= 15 is 0 Å². The minimum atomic E-state index is 0.866. The number of likely N-dealkylation sites (N-methyl/N-ethyl adjacent to an activating group) is 1. The van der Waals surface area contributed by atoms with Gasteiger partial charge >= 0.3 is 0 Å². The molecule has 0 radical (unpaired) electrons. The molecule has 106 valence electrons. The molecule has 1 aromatic heterocycles. The zero-order valence-corrected chi connectivity index (χ0v) is 13.4. The Labute approximate surface area is 128 Å². The quantitative estimate of drug-likeness (QED) is 0.808. The van der Waals surface area contributed by atoms with E-state index in [9.17, 15) is 0 Å². The van der Waals surface area contributed by atoms with Crippen molar-refractivity contribution >= 4 is 15.9 Å². The number of methoxy groups -OCH3 is 1. The number of halogens is 1. The molecule has 0 fully saturated rings. The molecule has 0 spiro atoms. The summed E-state index contributed by atoms with van der Waals surface area (Å²) in [6.45, 7) is 1.90. The Bertz CT molecular complexity index is 545. The van der Waals surface area contributed by atoms with E-state index < -0.39 is 0 Å². The van der Waals surface area contributed by atoms with Gasteiger partial charge in [-0.05, 0) is 52.8 Å². The second-order valence-electron chi connectivity index (χ2n) is 4.78. The van der Waals surface area contributed by atoms with Crippen molar-refractivity contribution in [3.8, 4) is 5.75 Å². The van der Waals surface area contributed by atoms with Crippen LogP contribution >= 0.6 is 15.9 Å². The Kier molecular flexibility index (Phi) is 5.56. The van der Waals surface area contributed by atoms with Gasteiger partial charge < -0.3 is 9.64 Å². The maximum Gasteiger partial charge on any atom is 0.133 e. The van der Waals surface area contributed by atoms with Crippen LogP contribution in [0.1, 0.15) is 11.3 Å². The molecule has 0 saturated carbocycles. The molecule has 0 bridgehead atoms. The van der Waals surface area contributed by atoms with Crippen LogP contribution in [0.3, 0.4) is 0 Å². The number of nitrogens with zero attached hydrogens (tertiary/aromatic N) is 2. The standard InChI is InChI=1S/C16H19BrN2O/c1-19(10-8-14-5-3-4-9-18-14)12-13-6-7-16(20-2)15(17)11-13/h3-7,9,11H,8,10,12H2,1-2H3. The van der Waals surface area contributed by atoms with Crippen molar-refractivity contribution in [2.24, 2.45) is 0 Å². The summed E-state index contributed by atoms with van der Waals surface area (Å²) in [6.07, 6.45) is 2.81. The van der Waals surface area contributed by atoms with Crippen molar-refractivity contribution in [2.45, 2.75) is 13.0 Å². The van der Waals surface area contributed by atoms with Crippen molar-refractivity contribution in [2.75, 3.05) is 20.7 Å². The molecule has 0 saturated heterocycles. The van der Waals surface area contributed by atoms with Crippen molar-refractivity contribution < 1.29 is 4.74 Å². The Morgan fingerprint density at radius 2 is 2.10 bits per heavy atom. The third-order valence-corrected chi connectivity index (χ3v) is 3.76. The predicted octanol–water partition coefficient (Wildman–Crippen LogP) is 3.53. The van der Waals surface area contributed by atoms with E-state index in [2.05, 4.69) is 51.1 Å². The molecule has 1 aromatic carbocycles. The maximum absolute atomic E-state index is 5.24. The van der Waals surface area contributed by atoms with Gasteiger partial charge in [0.2, 0.25) is 0 Å². The fourth-order valence-corrected chi connectivity index (χ4v) is 2.64. The molecule has 3 nitrogen and oxygen atoms in total. The van der Waals surface area contributed by atoms with Crippen LogP contribution in [-0.2, 0) is 13.0 Å². The highest BCUT2D eigenvalue weighted by atomic mass is 79.9. The highest BCUT2D eigenvalue weighted by Crippen LogP contribution is 2.25. The lowest BCUT2D eigenvalue weighted by Crippen LogP contribution is -2.21. The lowest BCUT2D eigenvalue weighted by Gasteiger charge is -2.17. The highest BCUT2D eigenvalue weighted by molar-refractivity contribution is 9.10. The first-order chi connectivity index (χ1) is 9.69. The van der Waals surface area contributed by atoms with Gasteiger partial charge in [0.15, 0.2) is 0 Å². The Balaban J connectivity index is 1.88. The second-order valence-corrected chi connectivity index (χ2v) is 5.63. The summed E-state index contributed by atoms with van der Waals surface area (Å²) in [6, 6.07) is 12.2. The summed E-state index contributed by atoms with van der Waals surface area (Å²) in [5, 5.41) is 0. The Morgan fingerprint density at radius 1 is 1.25 bits per heavy atom. The molecule has 20 heavy (non-hydrogen) atoms. The van der Waals surface area contributed by atoms with Crippen LogP contribution in [0, 0.1) is 0 Å². The Hall–Kier alpha value is -1.39. The number of rotatable bonds is 6. The minimum absolute atomic E-state index is 0.866. The number of hydrogen-bond acceptors (Lipinski definition) is 3. The zero-order chi connectivity index (χ0) is 14.4. The van der Waals surface area contributed by atoms with Crippen LogP contribution in [-0.4, -0.2) is 30.6 Å². The van der Waals surface area contributed by atoms with Crippen LogP contribution in [0.25, 0.3) is 0 Å². The van der Waals surface area contributed by atoms with Crippen LogP contribution in [0.4, 0.5) is 0 Å². The van der Waals surface area contributed by atoms with Gasteiger partial charge in [-0.3, -0.25) is 4.98 Å². The summed E-state index contributed by atoms with van der Waals surface area (Å²) in [5.41, 5.74) is 2.40. The molecule has 0 aliphatic rings. The monoisotopic (exact) mass is 334 g/mol. The van der Waals surface area contributed by atoms with Gasteiger partial charge in [0.25, 0.3) is 0 Å². The summed E-state index contributed by atoms with van der Waals surface area (Å²) in [7, 11) is 3.81. The van der Waals surface area contributed by atoms with Crippen molar-refractivity contribution in [3.05, 3.63) is 58.3 Å². The van der Waals surface area contributed by atoms with Crippen molar-refractivity contribution in [3.63, 3.8) is 0 Å². The summed E-state index contributed by atoms with van der Waals surface area (Å²) in [4.78, 5) is 6.64. The van der Waals surface area contributed by atoms with Crippen molar-refractivity contribution in [1.29, 1.82) is 0 Å². The van der Waals surface area contributed by atoms with Gasteiger partial charge in [0, 0.05) is 31.4 Å². The topological polar surface area (TPSA) is 25.4 Å². The molecule has 1 heterocycles. The SMILES string of the molecule is COc1ccc(CN(C)CCc2ccccn2)cc1Br. The highest BCUT2D eigenvalue weighted by Gasteiger charge is 2.05. The van der Waals surface area contributed by atoms with Crippen LogP contribution < -0.4 is 4.74 Å². The average molecular weight is 335 g/mol. The average Bonchev–Trinajstić information content (AvgIpc) is 2.46. The molecule has 4 heteroatoms. The van der Waals surface area contributed by atoms with E-state index in [0.29, 0.717) is 0 Å². The summed E-state index contributed by atoms with van der Waals surface area (Å²) in [5.74, 6) is 0.866. The number of pyridine rings is 1. The van der Waals surface area contributed by atoms with Crippen LogP contribution in [0.15, 0.2) is 47.1 Å². The van der Waals surface area contributed by atoms with Gasteiger partial charge in [0.05, 0.1) is 11.6 Å². The normalized spacial score (nSPS) is 10.8. The van der Waals surface area contributed by atoms with Crippen LogP contribution in [0.5, 0.6) is 5.75 Å². The number of ether oxygens (including phenoxy) is 1. The molecule has 0 unspecified atom stereocenters. The lowest BCUT2D eigenvalue weighted by molar-refractivity contribution is 0.329. The van der Waals surface area contributed by atoms with E-state index in [1.165, 1.54) is 5.56 Å². The molecular formula is C16H19BrN2O. The summed E-state index contributed by atoms with van der Waals surface area (Å²) < 4.78 is 6.24. The first kappa shape index (κ1) is 15.0. The number of aromatic nitrogens is 1. The predicted molar refractivity (Wildman–Crippen MR) is 85.0 cm³/mol. The lowest BCUT2D eigenvalue weighted by atomic mass is 10.2. The zero-order valence-electron chi connectivity index (χ0n) is 11.8. The minimum Gasteiger partial charge on any atom is -0.496 e. The smallest absolute Gasteiger partial charge is 0.133 e. The molecule has 0 amide bonds. The third kappa shape index (κ3) is 4.32. The van der Waals surface area contributed by atoms with Crippen molar-refractivity contribution in [1.82, 2.24) is 9.88 Å². The van der Waals surface area contributed by atoms with Gasteiger partial charge in [-0.1, -0.05) is 12.1 Å². The molecular weight excluding hydrogens is 316 g/mol. The van der Waals surface area contributed by atoms with Crippen LogP contribution in [0.2, 0.25) is 0 Å². The van der Waals surface area contributed by atoms with Gasteiger partial charge in [-0.15, -0.1) is 0 Å². The summed E-state index contributed by atoms with van der Waals surface area (Å²) >= 11 is 3.52. The van der Waals surface area contributed by atoms with Gasteiger partial charge in [-0.2, -0.15) is 0 Å².